The largest absolute Gasteiger partial charge is 0.310 e. The first-order valence-electron chi connectivity index (χ1n) is 6.78. The van der Waals surface area contributed by atoms with E-state index in [0.29, 0.717) is 0 Å². The molecule has 0 aromatic heterocycles. The molecule has 1 aromatic carbocycles. The molecular formula is C16H22N2O. The van der Waals surface area contributed by atoms with Crippen LogP contribution in [0.5, 0.6) is 0 Å². The second-order valence-corrected chi connectivity index (χ2v) is 5.24. The van der Waals surface area contributed by atoms with Gasteiger partial charge in [0.2, 0.25) is 5.91 Å². The predicted octanol–water partition coefficient (Wildman–Crippen LogP) is 2.53. The number of hydrogen-bond acceptors (Lipinski definition) is 2. The maximum Gasteiger partial charge on any atom is 0.244 e. The summed E-state index contributed by atoms with van der Waals surface area (Å²) in [6, 6.07) is 6.19. The molecule has 2 rings (SSSR count). The lowest BCUT2D eigenvalue weighted by atomic mass is 10.1. The SMILES string of the molecule is C=CCN1CCN(c2cc(C)ccc2C)C(=O)C1C. The van der Waals surface area contributed by atoms with Gasteiger partial charge in [-0.05, 0) is 38.0 Å². The fraction of sp³-hybridized carbons (Fsp3) is 0.438. The number of anilines is 1. The Hall–Kier alpha value is -1.61. The van der Waals surface area contributed by atoms with Crippen molar-refractivity contribution in [2.24, 2.45) is 0 Å². The van der Waals surface area contributed by atoms with Gasteiger partial charge in [0.25, 0.3) is 0 Å². The Labute approximate surface area is 115 Å². The lowest BCUT2D eigenvalue weighted by Gasteiger charge is -2.39. The van der Waals surface area contributed by atoms with Crippen molar-refractivity contribution in [1.29, 1.82) is 0 Å². The number of hydrogen-bond donors (Lipinski definition) is 0. The van der Waals surface area contributed by atoms with Crippen LogP contribution in [0.25, 0.3) is 0 Å². The Morgan fingerprint density at radius 2 is 2.11 bits per heavy atom. The van der Waals surface area contributed by atoms with Crippen molar-refractivity contribution in [3.63, 3.8) is 0 Å². The van der Waals surface area contributed by atoms with Crippen LogP contribution < -0.4 is 4.90 Å². The molecule has 1 saturated heterocycles. The summed E-state index contributed by atoms with van der Waals surface area (Å²) in [5.74, 6) is 0.182. The number of piperazine rings is 1. The molecule has 0 aliphatic carbocycles. The normalized spacial score (nSPS) is 20.7. The van der Waals surface area contributed by atoms with E-state index in [-0.39, 0.29) is 11.9 Å². The van der Waals surface area contributed by atoms with Gasteiger partial charge in [-0.1, -0.05) is 18.2 Å². The number of carbonyl (C=O) groups is 1. The molecule has 1 fully saturated rings. The Morgan fingerprint density at radius 3 is 2.79 bits per heavy atom. The highest BCUT2D eigenvalue weighted by atomic mass is 16.2. The minimum Gasteiger partial charge on any atom is -0.310 e. The van der Waals surface area contributed by atoms with Crippen LogP contribution in [0.4, 0.5) is 5.69 Å². The second kappa shape index (κ2) is 5.57. The lowest BCUT2D eigenvalue weighted by Crippen LogP contribution is -2.56. The summed E-state index contributed by atoms with van der Waals surface area (Å²) in [6.45, 7) is 12.3. The summed E-state index contributed by atoms with van der Waals surface area (Å²) >= 11 is 0. The summed E-state index contributed by atoms with van der Waals surface area (Å²) in [7, 11) is 0. The van der Waals surface area contributed by atoms with Crippen molar-refractivity contribution in [1.82, 2.24) is 4.90 Å². The molecule has 3 heteroatoms. The smallest absolute Gasteiger partial charge is 0.244 e. The molecule has 0 radical (unpaired) electrons. The lowest BCUT2D eigenvalue weighted by molar-refractivity contribution is -0.124. The molecule has 102 valence electrons. The highest BCUT2D eigenvalue weighted by Gasteiger charge is 2.31. The summed E-state index contributed by atoms with van der Waals surface area (Å²) in [6.07, 6.45) is 1.86. The molecule has 1 aromatic rings. The van der Waals surface area contributed by atoms with Crippen molar-refractivity contribution >= 4 is 11.6 Å². The van der Waals surface area contributed by atoms with Crippen molar-refractivity contribution in [3.8, 4) is 0 Å². The molecule has 1 heterocycles. The predicted molar refractivity (Wildman–Crippen MR) is 79.5 cm³/mol. The minimum absolute atomic E-state index is 0.0772. The summed E-state index contributed by atoms with van der Waals surface area (Å²) in [5, 5.41) is 0. The van der Waals surface area contributed by atoms with E-state index in [4.69, 9.17) is 0 Å². The van der Waals surface area contributed by atoms with Gasteiger partial charge in [-0.3, -0.25) is 9.69 Å². The van der Waals surface area contributed by atoms with Crippen molar-refractivity contribution in [3.05, 3.63) is 42.0 Å². The van der Waals surface area contributed by atoms with Crippen LogP contribution in [0.1, 0.15) is 18.1 Å². The van der Waals surface area contributed by atoms with E-state index < -0.39 is 0 Å². The molecule has 1 aliphatic rings. The third-order valence-electron chi connectivity index (χ3n) is 3.80. The number of benzene rings is 1. The van der Waals surface area contributed by atoms with E-state index in [1.165, 1.54) is 5.56 Å². The number of nitrogens with zero attached hydrogens (tertiary/aromatic N) is 2. The van der Waals surface area contributed by atoms with Crippen molar-refractivity contribution < 1.29 is 4.79 Å². The first kappa shape index (κ1) is 13.8. The third-order valence-corrected chi connectivity index (χ3v) is 3.80. The van der Waals surface area contributed by atoms with Crippen LogP contribution in [-0.4, -0.2) is 36.5 Å². The van der Waals surface area contributed by atoms with Gasteiger partial charge >= 0.3 is 0 Å². The standard InChI is InChI=1S/C16H22N2O/c1-5-8-17-9-10-18(16(19)14(17)4)15-11-12(2)6-7-13(15)3/h5-7,11,14H,1,8-10H2,2-4H3. The van der Waals surface area contributed by atoms with Crippen LogP contribution >= 0.6 is 0 Å². The number of carbonyl (C=O) groups excluding carboxylic acids is 1. The summed E-state index contributed by atoms with van der Waals surface area (Å²) in [5.41, 5.74) is 3.40. The van der Waals surface area contributed by atoms with E-state index in [2.05, 4.69) is 43.5 Å². The van der Waals surface area contributed by atoms with E-state index in [1.807, 2.05) is 17.9 Å². The van der Waals surface area contributed by atoms with Crippen LogP contribution in [0, 0.1) is 13.8 Å². The van der Waals surface area contributed by atoms with Gasteiger partial charge in [0.15, 0.2) is 0 Å². The van der Waals surface area contributed by atoms with Crippen LogP contribution in [0.15, 0.2) is 30.9 Å². The van der Waals surface area contributed by atoms with Crippen molar-refractivity contribution in [2.45, 2.75) is 26.8 Å². The average molecular weight is 258 g/mol. The first-order chi connectivity index (χ1) is 9.04. The van der Waals surface area contributed by atoms with Crippen molar-refractivity contribution in [2.75, 3.05) is 24.5 Å². The quantitative estimate of drug-likeness (QED) is 0.778. The average Bonchev–Trinajstić information content (AvgIpc) is 2.39. The van der Waals surface area contributed by atoms with Gasteiger partial charge < -0.3 is 4.90 Å². The van der Waals surface area contributed by atoms with Gasteiger partial charge in [0.1, 0.15) is 0 Å². The number of rotatable bonds is 3. The zero-order chi connectivity index (χ0) is 14.0. The van der Waals surface area contributed by atoms with E-state index >= 15 is 0 Å². The number of aryl methyl sites for hydroxylation is 2. The zero-order valence-corrected chi connectivity index (χ0v) is 12.0. The van der Waals surface area contributed by atoms with E-state index in [9.17, 15) is 4.79 Å². The molecule has 19 heavy (non-hydrogen) atoms. The van der Waals surface area contributed by atoms with Crippen LogP contribution in [0.2, 0.25) is 0 Å². The van der Waals surface area contributed by atoms with Gasteiger partial charge in [-0.25, -0.2) is 0 Å². The molecular weight excluding hydrogens is 236 g/mol. The summed E-state index contributed by atoms with van der Waals surface area (Å²) < 4.78 is 0. The Kier molecular flexibility index (Phi) is 4.05. The molecule has 0 saturated carbocycles. The summed E-state index contributed by atoms with van der Waals surface area (Å²) in [4.78, 5) is 16.6. The first-order valence-corrected chi connectivity index (χ1v) is 6.78. The second-order valence-electron chi connectivity index (χ2n) is 5.24. The van der Waals surface area contributed by atoms with Crippen LogP contribution in [-0.2, 0) is 4.79 Å². The van der Waals surface area contributed by atoms with Crippen LogP contribution in [0.3, 0.4) is 0 Å². The molecule has 1 unspecified atom stereocenters. The molecule has 1 aliphatic heterocycles. The zero-order valence-electron chi connectivity index (χ0n) is 12.0. The minimum atomic E-state index is -0.0772. The highest BCUT2D eigenvalue weighted by Crippen LogP contribution is 2.25. The van der Waals surface area contributed by atoms with E-state index in [0.717, 1.165) is 30.9 Å². The maximum absolute atomic E-state index is 12.5. The fourth-order valence-corrected chi connectivity index (χ4v) is 2.58. The van der Waals surface area contributed by atoms with Gasteiger partial charge in [-0.2, -0.15) is 0 Å². The molecule has 0 bridgehead atoms. The highest BCUT2D eigenvalue weighted by molar-refractivity contribution is 5.98. The monoisotopic (exact) mass is 258 g/mol. The molecule has 1 atom stereocenters. The third kappa shape index (κ3) is 2.71. The van der Waals surface area contributed by atoms with Gasteiger partial charge in [-0.15, -0.1) is 6.58 Å². The van der Waals surface area contributed by atoms with E-state index in [1.54, 1.807) is 0 Å². The maximum atomic E-state index is 12.5. The number of amides is 1. The Morgan fingerprint density at radius 1 is 1.37 bits per heavy atom. The van der Waals surface area contributed by atoms with Gasteiger partial charge in [0, 0.05) is 25.3 Å². The van der Waals surface area contributed by atoms with Gasteiger partial charge in [0.05, 0.1) is 6.04 Å². The molecule has 1 amide bonds. The molecule has 0 N–H and O–H groups in total. The Bertz CT molecular complexity index is 496. The Balaban J connectivity index is 2.25. The molecule has 3 nitrogen and oxygen atoms in total. The topological polar surface area (TPSA) is 23.6 Å². The molecule has 0 spiro atoms. The fourth-order valence-electron chi connectivity index (χ4n) is 2.58.